The van der Waals surface area contributed by atoms with Gasteiger partial charge in [0.05, 0.1) is 16.7 Å². The van der Waals surface area contributed by atoms with Crippen LogP contribution in [0, 0.1) is 0 Å². The number of H-pyrrole nitrogens is 2. The molecule has 0 radical (unpaired) electrons. The number of aromatic amines is 2. The molecule has 0 spiro atoms. The minimum Gasteiger partial charge on any atom is -0.370 e. The van der Waals surface area contributed by atoms with Crippen LogP contribution in [0.2, 0.25) is 0 Å². The molecule has 1 heterocycles. The molecule has 1 unspecified atom stereocenters. The Morgan fingerprint density at radius 2 is 2.11 bits per heavy atom. The zero-order valence-electron chi connectivity index (χ0n) is 10.1. The molecule has 2 aromatic rings. The van der Waals surface area contributed by atoms with Crippen molar-refractivity contribution in [3.8, 4) is 0 Å². The van der Waals surface area contributed by atoms with E-state index in [1.165, 1.54) is 7.11 Å². The summed E-state index contributed by atoms with van der Waals surface area (Å²) in [6.45, 7) is 0.0865. The lowest BCUT2D eigenvalue weighted by Crippen LogP contribution is -2.35. The van der Waals surface area contributed by atoms with Crippen LogP contribution in [-0.4, -0.2) is 35.6 Å². The summed E-state index contributed by atoms with van der Waals surface area (Å²) >= 11 is 3.33. The fourth-order valence-corrected chi connectivity index (χ4v) is 2.12. The Morgan fingerprint density at radius 1 is 1.47 bits per heavy atom. The molecule has 1 aromatic carbocycles. The summed E-state index contributed by atoms with van der Waals surface area (Å²) in [6, 6.07) is 3.35. The Labute approximate surface area is 116 Å². The van der Waals surface area contributed by atoms with E-state index in [2.05, 4.69) is 31.2 Å². The molecule has 7 nitrogen and oxygen atoms in total. The normalized spacial score (nSPS) is 12.6. The number of carbonyl (C=O) groups is 1. The van der Waals surface area contributed by atoms with Gasteiger partial charge in [0.15, 0.2) is 0 Å². The number of benzene rings is 1. The molecule has 0 bridgehead atoms. The van der Waals surface area contributed by atoms with Gasteiger partial charge in [0.25, 0.3) is 5.91 Å². The number of aromatic nitrogens is 2. The van der Waals surface area contributed by atoms with Gasteiger partial charge in [0.1, 0.15) is 6.10 Å². The topological polar surface area (TPSA) is 113 Å². The van der Waals surface area contributed by atoms with E-state index in [-0.39, 0.29) is 18.1 Å². The van der Waals surface area contributed by atoms with Crippen molar-refractivity contribution >= 4 is 38.6 Å². The maximum atomic E-state index is 11.9. The second-order valence-electron chi connectivity index (χ2n) is 3.91. The van der Waals surface area contributed by atoms with Crippen LogP contribution in [-0.2, 0) is 9.53 Å². The lowest BCUT2D eigenvalue weighted by atomic mass is 10.2. The molecule has 8 heteroatoms. The van der Waals surface area contributed by atoms with Crippen molar-refractivity contribution in [3.05, 3.63) is 27.1 Å². The molecule has 0 aliphatic heterocycles. The summed E-state index contributed by atoms with van der Waals surface area (Å²) in [5.41, 5.74) is 6.90. The first-order valence-electron chi connectivity index (χ1n) is 5.50. The van der Waals surface area contributed by atoms with Crippen molar-refractivity contribution in [3.63, 3.8) is 0 Å². The Bertz CT molecular complexity index is 659. The lowest BCUT2D eigenvalue weighted by molar-refractivity contribution is -0.125. The molecule has 0 saturated heterocycles. The fraction of sp³-hybridized carbons (Fsp3) is 0.273. The maximum Gasteiger partial charge on any atom is 0.323 e. The van der Waals surface area contributed by atoms with Crippen LogP contribution in [0.15, 0.2) is 21.4 Å². The average molecular weight is 329 g/mol. The Balaban J connectivity index is 2.32. The number of nitrogens with two attached hydrogens (primary N) is 1. The number of ether oxygens (including phenoxy) is 1. The average Bonchev–Trinajstić information content (AvgIpc) is 2.70. The summed E-state index contributed by atoms with van der Waals surface area (Å²) in [5.74, 6) is -0.345. The number of anilines is 1. The van der Waals surface area contributed by atoms with Crippen LogP contribution in [0.25, 0.3) is 11.0 Å². The lowest BCUT2D eigenvalue weighted by Gasteiger charge is -2.14. The van der Waals surface area contributed by atoms with Crippen molar-refractivity contribution in [2.45, 2.75) is 6.10 Å². The van der Waals surface area contributed by atoms with Crippen molar-refractivity contribution in [2.24, 2.45) is 5.73 Å². The second-order valence-corrected chi connectivity index (χ2v) is 4.76. The van der Waals surface area contributed by atoms with Gasteiger partial charge in [-0.1, -0.05) is 0 Å². The molecule has 1 aromatic heterocycles. The number of methoxy groups -OCH3 is 1. The first-order chi connectivity index (χ1) is 9.05. The van der Waals surface area contributed by atoms with Gasteiger partial charge in [0.2, 0.25) is 0 Å². The van der Waals surface area contributed by atoms with Crippen molar-refractivity contribution in [1.82, 2.24) is 9.97 Å². The number of nitrogens with one attached hydrogen (secondary N) is 3. The van der Waals surface area contributed by atoms with E-state index in [0.29, 0.717) is 21.2 Å². The highest BCUT2D eigenvalue weighted by molar-refractivity contribution is 9.10. The van der Waals surface area contributed by atoms with Crippen molar-refractivity contribution < 1.29 is 9.53 Å². The van der Waals surface area contributed by atoms with Crippen LogP contribution in [0.5, 0.6) is 0 Å². The third-order valence-electron chi connectivity index (χ3n) is 2.65. The predicted molar refractivity (Wildman–Crippen MR) is 75.1 cm³/mol. The number of rotatable bonds is 4. The SMILES string of the molecule is COC(CN)C(=O)Nc1cc2[nH]c(=O)[nH]c2cc1Br. The number of imidazole rings is 1. The maximum absolute atomic E-state index is 11.9. The van der Waals surface area contributed by atoms with E-state index >= 15 is 0 Å². The largest absolute Gasteiger partial charge is 0.370 e. The van der Waals surface area contributed by atoms with Gasteiger partial charge in [-0.25, -0.2) is 4.79 Å². The van der Waals surface area contributed by atoms with E-state index < -0.39 is 6.10 Å². The van der Waals surface area contributed by atoms with Gasteiger partial charge < -0.3 is 25.8 Å². The summed E-state index contributed by atoms with van der Waals surface area (Å²) in [4.78, 5) is 28.3. The fourth-order valence-electron chi connectivity index (χ4n) is 1.68. The number of fused-ring (bicyclic) bond motifs is 1. The molecule has 5 N–H and O–H groups in total. The molecule has 0 aliphatic rings. The number of amides is 1. The molecule has 1 atom stereocenters. The van der Waals surface area contributed by atoms with E-state index in [4.69, 9.17) is 10.5 Å². The smallest absolute Gasteiger partial charge is 0.323 e. The van der Waals surface area contributed by atoms with E-state index in [1.807, 2.05) is 0 Å². The minimum atomic E-state index is -0.715. The van der Waals surface area contributed by atoms with Crippen molar-refractivity contribution in [1.29, 1.82) is 0 Å². The molecule has 102 valence electrons. The van der Waals surface area contributed by atoms with Crippen molar-refractivity contribution in [2.75, 3.05) is 19.0 Å². The number of hydrogen-bond acceptors (Lipinski definition) is 4. The van der Waals surface area contributed by atoms with Gasteiger partial charge in [-0.2, -0.15) is 0 Å². The highest BCUT2D eigenvalue weighted by atomic mass is 79.9. The summed E-state index contributed by atoms with van der Waals surface area (Å²) < 4.78 is 5.60. The van der Waals surface area contributed by atoms with Crippen LogP contribution in [0.4, 0.5) is 5.69 Å². The van der Waals surface area contributed by atoms with E-state index in [0.717, 1.165) is 0 Å². The molecule has 0 fully saturated rings. The van der Waals surface area contributed by atoms with Gasteiger partial charge >= 0.3 is 5.69 Å². The summed E-state index contributed by atoms with van der Waals surface area (Å²) in [6.07, 6.45) is -0.715. The summed E-state index contributed by atoms with van der Waals surface area (Å²) in [7, 11) is 1.42. The molecule has 2 rings (SSSR count). The Morgan fingerprint density at radius 3 is 2.68 bits per heavy atom. The molecule has 0 aliphatic carbocycles. The highest BCUT2D eigenvalue weighted by Gasteiger charge is 2.17. The van der Waals surface area contributed by atoms with Gasteiger partial charge in [-0.15, -0.1) is 0 Å². The third kappa shape index (κ3) is 2.86. The van der Waals surface area contributed by atoms with Crippen LogP contribution >= 0.6 is 15.9 Å². The number of halogens is 1. The third-order valence-corrected chi connectivity index (χ3v) is 3.31. The van der Waals surface area contributed by atoms with Crippen LogP contribution in [0.3, 0.4) is 0 Å². The Kier molecular flexibility index (Phi) is 4.03. The molecule has 0 saturated carbocycles. The first kappa shape index (κ1) is 13.8. The van der Waals surface area contributed by atoms with Crippen LogP contribution < -0.4 is 16.7 Å². The van der Waals surface area contributed by atoms with Gasteiger partial charge in [-0.3, -0.25) is 4.79 Å². The predicted octanol–water partition coefficient (Wildman–Crippen LogP) is 0.531. The second kappa shape index (κ2) is 5.55. The quantitative estimate of drug-likeness (QED) is 0.655. The van der Waals surface area contributed by atoms with Gasteiger partial charge in [0, 0.05) is 18.1 Å². The zero-order chi connectivity index (χ0) is 14.0. The molecular formula is C11H13BrN4O3. The minimum absolute atomic E-state index is 0.0865. The standard InChI is InChI=1S/C11H13BrN4O3/c1-19-9(4-13)10(17)14-6-3-8-7(2-5(6)12)15-11(18)16-8/h2-3,9H,4,13H2,1H3,(H,14,17)(H2,15,16,18). The molecular weight excluding hydrogens is 316 g/mol. The molecule has 19 heavy (non-hydrogen) atoms. The monoisotopic (exact) mass is 328 g/mol. The Hall–Kier alpha value is -1.64. The van der Waals surface area contributed by atoms with Gasteiger partial charge in [-0.05, 0) is 28.1 Å². The number of carbonyl (C=O) groups excluding carboxylic acids is 1. The van der Waals surface area contributed by atoms with E-state index in [1.54, 1.807) is 12.1 Å². The summed E-state index contributed by atoms with van der Waals surface area (Å²) in [5, 5.41) is 2.69. The van der Waals surface area contributed by atoms with E-state index in [9.17, 15) is 9.59 Å². The number of hydrogen-bond donors (Lipinski definition) is 4. The molecule has 1 amide bonds. The zero-order valence-corrected chi connectivity index (χ0v) is 11.7. The van der Waals surface area contributed by atoms with Crippen LogP contribution in [0.1, 0.15) is 0 Å². The highest BCUT2D eigenvalue weighted by Crippen LogP contribution is 2.26. The first-order valence-corrected chi connectivity index (χ1v) is 6.29.